The lowest BCUT2D eigenvalue weighted by Crippen LogP contribution is -2.41. The molecule has 0 radical (unpaired) electrons. The zero-order chi connectivity index (χ0) is 11.5. The molecule has 15 heavy (non-hydrogen) atoms. The number of halogens is 1. The highest BCUT2D eigenvalue weighted by atomic mass is 32.2. The normalized spacial score (nSPS) is 23.1. The highest BCUT2D eigenvalue weighted by Crippen LogP contribution is 2.21. The zero-order valence-electron chi connectivity index (χ0n) is 8.23. The molecule has 0 aromatic rings. The SMILES string of the molecule is O=C(O)[C@@H]1CCCN1S(=O)(=O)CCCF. The molecule has 1 atom stereocenters. The van der Waals surface area contributed by atoms with Gasteiger partial charge in [0.1, 0.15) is 6.04 Å². The number of alkyl halides is 1. The standard InChI is InChI=1S/C8H14FNO4S/c9-4-2-6-15(13,14)10-5-1-3-7(10)8(11)12/h7H,1-6H2,(H,11,12)/t7-/m0/s1. The van der Waals surface area contributed by atoms with Crippen molar-refractivity contribution in [3.8, 4) is 0 Å². The monoisotopic (exact) mass is 239 g/mol. The fourth-order valence-corrected chi connectivity index (χ4v) is 3.37. The predicted octanol–water partition coefficient (Wildman–Crippen LogP) is 0.225. The van der Waals surface area contributed by atoms with Gasteiger partial charge in [-0.2, -0.15) is 4.31 Å². The van der Waals surface area contributed by atoms with Crippen LogP contribution in [0.2, 0.25) is 0 Å². The molecule has 1 fully saturated rings. The molecule has 0 aliphatic carbocycles. The first-order valence-corrected chi connectivity index (χ1v) is 6.38. The Bertz CT molecular complexity index is 330. The van der Waals surface area contributed by atoms with Crippen molar-refractivity contribution >= 4 is 16.0 Å². The third kappa shape index (κ3) is 2.88. The van der Waals surface area contributed by atoms with E-state index in [1.54, 1.807) is 0 Å². The first-order chi connectivity index (χ1) is 6.99. The maximum Gasteiger partial charge on any atom is 0.322 e. The summed E-state index contributed by atoms with van der Waals surface area (Å²) in [5.41, 5.74) is 0. The second-order valence-electron chi connectivity index (χ2n) is 3.47. The van der Waals surface area contributed by atoms with Gasteiger partial charge in [0, 0.05) is 6.54 Å². The van der Waals surface area contributed by atoms with E-state index < -0.39 is 28.7 Å². The van der Waals surface area contributed by atoms with E-state index >= 15 is 0 Å². The minimum absolute atomic E-state index is 0.0782. The highest BCUT2D eigenvalue weighted by molar-refractivity contribution is 7.89. The van der Waals surface area contributed by atoms with Gasteiger partial charge in [0.15, 0.2) is 0 Å². The number of aliphatic carboxylic acids is 1. The number of carboxylic acid groups (broad SMARTS) is 1. The summed E-state index contributed by atoms with van der Waals surface area (Å²) in [6.45, 7) is -0.476. The number of hydrogen-bond donors (Lipinski definition) is 1. The van der Waals surface area contributed by atoms with E-state index in [1.807, 2.05) is 0 Å². The zero-order valence-corrected chi connectivity index (χ0v) is 9.04. The molecule has 0 bridgehead atoms. The molecule has 1 N–H and O–H groups in total. The topological polar surface area (TPSA) is 74.7 Å². The predicted molar refractivity (Wildman–Crippen MR) is 51.7 cm³/mol. The van der Waals surface area contributed by atoms with Gasteiger partial charge in [0.25, 0.3) is 0 Å². The van der Waals surface area contributed by atoms with Crippen molar-refractivity contribution in [1.29, 1.82) is 0 Å². The van der Waals surface area contributed by atoms with Crippen molar-refractivity contribution in [1.82, 2.24) is 4.31 Å². The van der Waals surface area contributed by atoms with E-state index in [0.29, 0.717) is 12.8 Å². The fraction of sp³-hybridized carbons (Fsp3) is 0.875. The third-order valence-electron chi connectivity index (χ3n) is 2.38. The van der Waals surface area contributed by atoms with Gasteiger partial charge < -0.3 is 5.11 Å². The summed E-state index contributed by atoms with van der Waals surface area (Å²) < 4.78 is 36.0. The maximum absolute atomic E-state index is 11.9. The Hall–Kier alpha value is -0.690. The molecule has 0 unspecified atom stereocenters. The lowest BCUT2D eigenvalue weighted by molar-refractivity contribution is -0.140. The number of carbonyl (C=O) groups is 1. The Balaban J connectivity index is 2.73. The van der Waals surface area contributed by atoms with Gasteiger partial charge >= 0.3 is 5.97 Å². The molecule has 0 aromatic heterocycles. The minimum atomic E-state index is -3.60. The third-order valence-corrected chi connectivity index (χ3v) is 4.34. The van der Waals surface area contributed by atoms with Crippen molar-refractivity contribution < 1.29 is 22.7 Å². The smallest absolute Gasteiger partial charge is 0.322 e. The number of rotatable bonds is 5. The van der Waals surface area contributed by atoms with Crippen LogP contribution in [-0.2, 0) is 14.8 Å². The maximum atomic E-state index is 11.9. The van der Waals surface area contributed by atoms with Gasteiger partial charge in [0.05, 0.1) is 12.4 Å². The number of carboxylic acids is 1. The van der Waals surface area contributed by atoms with E-state index in [1.165, 1.54) is 0 Å². The lowest BCUT2D eigenvalue weighted by atomic mass is 10.2. The van der Waals surface area contributed by atoms with Crippen LogP contribution < -0.4 is 0 Å². The van der Waals surface area contributed by atoms with Crippen LogP contribution in [0.4, 0.5) is 4.39 Å². The van der Waals surface area contributed by atoms with Gasteiger partial charge in [-0.25, -0.2) is 8.42 Å². The highest BCUT2D eigenvalue weighted by Gasteiger charge is 2.38. The Labute approximate surface area is 87.9 Å². The molecule has 88 valence electrons. The Morgan fingerprint density at radius 2 is 2.20 bits per heavy atom. The summed E-state index contributed by atoms with van der Waals surface area (Å²) in [5, 5.41) is 8.79. The molecule has 1 aliphatic heterocycles. The van der Waals surface area contributed by atoms with Gasteiger partial charge in [-0.1, -0.05) is 0 Å². The molecule has 1 saturated heterocycles. The molecular weight excluding hydrogens is 225 g/mol. The molecule has 0 saturated carbocycles. The summed E-state index contributed by atoms with van der Waals surface area (Å²) in [6, 6.07) is -0.963. The molecule has 1 aliphatic rings. The van der Waals surface area contributed by atoms with Gasteiger partial charge in [0.2, 0.25) is 10.0 Å². The molecule has 0 amide bonds. The van der Waals surface area contributed by atoms with Crippen molar-refractivity contribution in [2.45, 2.75) is 25.3 Å². The molecule has 7 heteroatoms. The van der Waals surface area contributed by atoms with Gasteiger partial charge in [-0.3, -0.25) is 9.18 Å². The average Bonchev–Trinajstić information content (AvgIpc) is 2.63. The van der Waals surface area contributed by atoms with Crippen molar-refractivity contribution in [2.24, 2.45) is 0 Å². The van der Waals surface area contributed by atoms with Gasteiger partial charge in [-0.15, -0.1) is 0 Å². The average molecular weight is 239 g/mol. The van der Waals surface area contributed by atoms with E-state index in [9.17, 15) is 17.6 Å². The Morgan fingerprint density at radius 3 is 2.73 bits per heavy atom. The van der Waals surface area contributed by atoms with Crippen molar-refractivity contribution in [2.75, 3.05) is 19.0 Å². The lowest BCUT2D eigenvalue weighted by Gasteiger charge is -2.20. The molecule has 0 aromatic carbocycles. The van der Waals surface area contributed by atoms with Crippen molar-refractivity contribution in [3.05, 3.63) is 0 Å². The van der Waals surface area contributed by atoms with Crippen LogP contribution in [0.25, 0.3) is 0 Å². The summed E-state index contributed by atoms with van der Waals surface area (Å²) in [7, 11) is -3.60. The van der Waals surface area contributed by atoms with Crippen LogP contribution in [0.3, 0.4) is 0 Å². The number of nitrogens with zero attached hydrogens (tertiary/aromatic N) is 1. The molecule has 5 nitrogen and oxygen atoms in total. The first kappa shape index (κ1) is 12.4. The molecule has 1 heterocycles. The molecule has 1 rings (SSSR count). The van der Waals surface area contributed by atoms with Crippen molar-refractivity contribution in [3.63, 3.8) is 0 Å². The molecular formula is C8H14FNO4S. The van der Waals surface area contributed by atoms with Crippen LogP contribution in [0.5, 0.6) is 0 Å². The Kier molecular flexibility index (Phi) is 4.04. The van der Waals surface area contributed by atoms with Crippen LogP contribution in [0.15, 0.2) is 0 Å². The largest absolute Gasteiger partial charge is 0.480 e. The van der Waals surface area contributed by atoms with Crippen LogP contribution >= 0.6 is 0 Å². The van der Waals surface area contributed by atoms with E-state index in [2.05, 4.69) is 0 Å². The van der Waals surface area contributed by atoms with E-state index in [0.717, 1.165) is 4.31 Å². The Morgan fingerprint density at radius 1 is 1.53 bits per heavy atom. The van der Waals surface area contributed by atoms with Gasteiger partial charge in [-0.05, 0) is 19.3 Å². The van der Waals surface area contributed by atoms with Crippen LogP contribution in [0.1, 0.15) is 19.3 Å². The van der Waals surface area contributed by atoms with E-state index in [4.69, 9.17) is 5.11 Å². The second kappa shape index (κ2) is 4.89. The first-order valence-electron chi connectivity index (χ1n) is 4.77. The summed E-state index contributed by atoms with van der Waals surface area (Å²) >= 11 is 0. The van der Waals surface area contributed by atoms with E-state index in [-0.39, 0.29) is 18.7 Å². The fourth-order valence-electron chi connectivity index (χ4n) is 1.67. The van der Waals surface area contributed by atoms with Crippen LogP contribution in [-0.4, -0.2) is 48.8 Å². The van der Waals surface area contributed by atoms with Crippen LogP contribution in [0, 0.1) is 0 Å². The number of sulfonamides is 1. The summed E-state index contributed by atoms with van der Waals surface area (Å²) in [6.07, 6.45) is 0.807. The second-order valence-corrected chi connectivity index (χ2v) is 5.51. The number of hydrogen-bond acceptors (Lipinski definition) is 3. The quantitative estimate of drug-likeness (QED) is 0.745. The minimum Gasteiger partial charge on any atom is -0.480 e. The summed E-state index contributed by atoms with van der Waals surface area (Å²) in [5.74, 6) is -1.44. The summed E-state index contributed by atoms with van der Waals surface area (Å²) in [4.78, 5) is 10.8. The molecule has 0 spiro atoms.